The Hall–Kier alpha value is -1.61. The molecule has 1 aromatic heterocycles. The zero-order valence-electron chi connectivity index (χ0n) is 13.6. The van der Waals surface area contributed by atoms with Crippen molar-refractivity contribution in [3.63, 3.8) is 0 Å². The number of fused-ring (bicyclic) bond motifs is 1. The summed E-state index contributed by atoms with van der Waals surface area (Å²) < 4.78 is 6.16. The van der Waals surface area contributed by atoms with Gasteiger partial charge in [0.1, 0.15) is 5.75 Å². The molecule has 0 radical (unpaired) electrons. The molecule has 0 saturated heterocycles. The topological polar surface area (TPSA) is 48.1 Å². The first-order valence-corrected chi connectivity index (χ1v) is 8.41. The van der Waals surface area contributed by atoms with Crippen LogP contribution in [0.1, 0.15) is 45.2 Å². The predicted molar refractivity (Wildman–Crippen MR) is 91.1 cm³/mol. The molecule has 0 unspecified atom stereocenters. The second kappa shape index (κ2) is 6.66. The van der Waals surface area contributed by atoms with Gasteiger partial charge in [-0.15, -0.1) is 0 Å². The molecule has 118 valence electrons. The quantitative estimate of drug-likeness (QED) is 0.925. The highest BCUT2D eigenvalue weighted by Gasteiger charge is 2.19. The number of aromatic nitrogens is 1. The van der Waals surface area contributed by atoms with Crippen molar-refractivity contribution in [3.05, 3.63) is 36.2 Å². The highest BCUT2D eigenvalue weighted by atomic mass is 16.5. The van der Waals surface area contributed by atoms with Gasteiger partial charge in [-0.25, -0.2) is 0 Å². The van der Waals surface area contributed by atoms with Crippen LogP contribution in [-0.2, 0) is 6.42 Å². The lowest BCUT2D eigenvalue weighted by Gasteiger charge is -2.26. The second-order valence-electron chi connectivity index (χ2n) is 6.89. The van der Waals surface area contributed by atoms with Gasteiger partial charge >= 0.3 is 0 Å². The fraction of sp³-hybridized carbons (Fsp3) is 0.526. The van der Waals surface area contributed by atoms with Crippen molar-refractivity contribution in [3.8, 4) is 5.75 Å². The Morgan fingerprint density at radius 1 is 1.18 bits per heavy atom. The molecule has 22 heavy (non-hydrogen) atoms. The molecule has 1 aromatic carbocycles. The maximum atomic E-state index is 6.16. The van der Waals surface area contributed by atoms with Gasteiger partial charge in [-0.1, -0.05) is 13.8 Å². The predicted octanol–water partition coefficient (Wildman–Crippen LogP) is 4.08. The number of ether oxygens (including phenoxy) is 1. The number of pyridine rings is 1. The Bertz CT molecular complexity index is 630. The minimum absolute atomic E-state index is 0.314. The minimum Gasteiger partial charge on any atom is -0.490 e. The van der Waals surface area contributed by atoms with Crippen LogP contribution in [0.2, 0.25) is 0 Å². The van der Waals surface area contributed by atoms with Crippen molar-refractivity contribution in [2.45, 2.75) is 58.1 Å². The summed E-state index contributed by atoms with van der Waals surface area (Å²) in [5, 5.41) is 2.46. The third kappa shape index (κ3) is 3.58. The van der Waals surface area contributed by atoms with Crippen LogP contribution in [0.5, 0.6) is 5.75 Å². The Morgan fingerprint density at radius 2 is 1.95 bits per heavy atom. The minimum atomic E-state index is 0.314. The Balaban J connectivity index is 1.78. The lowest BCUT2D eigenvalue weighted by Crippen LogP contribution is -2.31. The van der Waals surface area contributed by atoms with E-state index in [9.17, 15) is 0 Å². The first-order valence-electron chi connectivity index (χ1n) is 8.41. The van der Waals surface area contributed by atoms with E-state index in [1.165, 1.54) is 16.5 Å². The van der Waals surface area contributed by atoms with Gasteiger partial charge in [0.2, 0.25) is 0 Å². The van der Waals surface area contributed by atoms with Crippen molar-refractivity contribution in [1.82, 2.24) is 4.98 Å². The molecular weight excluding hydrogens is 272 g/mol. The molecule has 3 heteroatoms. The Labute approximate surface area is 132 Å². The van der Waals surface area contributed by atoms with Crippen LogP contribution >= 0.6 is 0 Å². The monoisotopic (exact) mass is 298 g/mol. The fourth-order valence-corrected chi connectivity index (χ4v) is 3.24. The summed E-state index contributed by atoms with van der Waals surface area (Å²) in [6.45, 7) is 4.46. The van der Waals surface area contributed by atoms with Gasteiger partial charge < -0.3 is 10.5 Å². The number of hydrogen-bond donors (Lipinski definition) is 1. The van der Waals surface area contributed by atoms with Crippen LogP contribution in [-0.4, -0.2) is 17.1 Å². The van der Waals surface area contributed by atoms with Gasteiger partial charge in [-0.3, -0.25) is 4.98 Å². The van der Waals surface area contributed by atoms with Crippen LogP contribution in [0.4, 0.5) is 0 Å². The molecule has 1 fully saturated rings. The molecule has 0 spiro atoms. The van der Waals surface area contributed by atoms with Crippen molar-refractivity contribution in [2.24, 2.45) is 11.7 Å². The van der Waals surface area contributed by atoms with E-state index < -0.39 is 0 Å². The average Bonchev–Trinajstić information content (AvgIpc) is 2.49. The first kappa shape index (κ1) is 15.3. The van der Waals surface area contributed by atoms with Crippen LogP contribution in [0.15, 0.2) is 30.5 Å². The van der Waals surface area contributed by atoms with E-state index in [-0.39, 0.29) is 0 Å². The zero-order chi connectivity index (χ0) is 15.5. The summed E-state index contributed by atoms with van der Waals surface area (Å²) in [6.07, 6.45) is 7.50. The summed E-state index contributed by atoms with van der Waals surface area (Å²) >= 11 is 0. The molecule has 1 heterocycles. The normalized spacial score (nSPS) is 22.2. The zero-order valence-corrected chi connectivity index (χ0v) is 13.6. The van der Waals surface area contributed by atoms with E-state index in [1.807, 2.05) is 6.20 Å². The molecule has 1 aliphatic carbocycles. The fourth-order valence-electron chi connectivity index (χ4n) is 3.24. The van der Waals surface area contributed by atoms with E-state index in [2.05, 4.69) is 43.1 Å². The molecule has 0 aliphatic heterocycles. The molecule has 2 N–H and O–H groups in total. The molecule has 3 nitrogen and oxygen atoms in total. The first-order chi connectivity index (χ1) is 10.6. The average molecular weight is 298 g/mol. The van der Waals surface area contributed by atoms with Gasteiger partial charge in [0.25, 0.3) is 0 Å². The number of benzene rings is 1. The Morgan fingerprint density at radius 3 is 2.68 bits per heavy atom. The summed E-state index contributed by atoms with van der Waals surface area (Å²) in [7, 11) is 0. The van der Waals surface area contributed by atoms with E-state index >= 15 is 0 Å². The standard InChI is InChI=1S/C19H26N2O/c1-13(2)11-19-18-8-7-17(12-14(18)9-10-21-19)22-16-5-3-15(20)4-6-16/h7-10,12-13,15-16H,3-6,11,20H2,1-2H3/t15-,16+. The number of rotatable bonds is 4. The van der Waals surface area contributed by atoms with E-state index in [4.69, 9.17) is 10.5 Å². The summed E-state index contributed by atoms with van der Waals surface area (Å²) in [5.41, 5.74) is 7.14. The molecule has 0 amide bonds. The van der Waals surface area contributed by atoms with Crippen molar-refractivity contribution in [1.29, 1.82) is 0 Å². The van der Waals surface area contributed by atoms with Crippen molar-refractivity contribution in [2.75, 3.05) is 0 Å². The second-order valence-corrected chi connectivity index (χ2v) is 6.89. The molecule has 0 bridgehead atoms. The van der Waals surface area contributed by atoms with Crippen LogP contribution in [0.25, 0.3) is 10.8 Å². The SMILES string of the molecule is CC(C)Cc1nccc2cc(O[C@H]3CC[C@@H](N)CC3)ccc12. The third-order valence-electron chi connectivity index (χ3n) is 4.44. The lowest BCUT2D eigenvalue weighted by atomic mass is 9.93. The van der Waals surface area contributed by atoms with Crippen LogP contribution < -0.4 is 10.5 Å². The van der Waals surface area contributed by atoms with Crippen LogP contribution in [0, 0.1) is 5.92 Å². The highest BCUT2D eigenvalue weighted by molar-refractivity contribution is 5.85. The molecule has 2 aromatic rings. The highest BCUT2D eigenvalue weighted by Crippen LogP contribution is 2.27. The molecule has 0 atom stereocenters. The summed E-state index contributed by atoms with van der Waals surface area (Å²) in [5.74, 6) is 1.58. The van der Waals surface area contributed by atoms with E-state index in [0.717, 1.165) is 37.9 Å². The number of nitrogens with zero attached hydrogens (tertiary/aromatic N) is 1. The third-order valence-corrected chi connectivity index (χ3v) is 4.44. The van der Waals surface area contributed by atoms with Gasteiger partial charge in [-0.2, -0.15) is 0 Å². The maximum absolute atomic E-state index is 6.16. The van der Waals surface area contributed by atoms with E-state index in [1.54, 1.807) is 0 Å². The smallest absolute Gasteiger partial charge is 0.120 e. The number of nitrogens with two attached hydrogens (primary N) is 1. The van der Waals surface area contributed by atoms with Gasteiger partial charge in [0, 0.05) is 23.3 Å². The molecule has 3 rings (SSSR count). The molecule has 1 saturated carbocycles. The van der Waals surface area contributed by atoms with E-state index in [0.29, 0.717) is 18.1 Å². The summed E-state index contributed by atoms with van der Waals surface area (Å²) in [4.78, 5) is 4.55. The van der Waals surface area contributed by atoms with Gasteiger partial charge in [-0.05, 0) is 67.7 Å². The molecule has 1 aliphatic rings. The molecular formula is C19H26N2O. The maximum Gasteiger partial charge on any atom is 0.120 e. The Kier molecular flexibility index (Phi) is 4.63. The van der Waals surface area contributed by atoms with Gasteiger partial charge in [0.05, 0.1) is 6.10 Å². The largest absolute Gasteiger partial charge is 0.490 e. The van der Waals surface area contributed by atoms with Crippen LogP contribution in [0.3, 0.4) is 0 Å². The van der Waals surface area contributed by atoms with Crippen molar-refractivity contribution < 1.29 is 4.74 Å². The van der Waals surface area contributed by atoms with Gasteiger partial charge in [0.15, 0.2) is 0 Å². The number of hydrogen-bond acceptors (Lipinski definition) is 3. The lowest BCUT2D eigenvalue weighted by molar-refractivity contribution is 0.147. The van der Waals surface area contributed by atoms with Crippen molar-refractivity contribution >= 4 is 10.8 Å². The summed E-state index contributed by atoms with van der Waals surface area (Å²) in [6, 6.07) is 8.82.